The molecule has 1 N–H and O–H groups in total. The molecule has 1 saturated heterocycles. The average molecular weight is 332 g/mol. The Morgan fingerprint density at radius 1 is 1.35 bits per heavy atom. The van der Waals surface area contributed by atoms with E-state index in [1.165, 1.54) is 6.33 Å². The zero-order valence-electron chi connectivity index (χ0n) is 12.8. The summed E-state index contributed by atoms with van der Waals surface area (Å²) in [6.07, 6.45) is 4.85. The maximum Gasteiger partial charge on any atom is 0.227 e. The predicted octanol–water partition coefficient (Wildman–Crippen LogP) is 1.35. The van der Waals surface area contributed by atoms with Crippen LogP contribution in [0.25, 0.3) is 0 Å². The van der Waals surface area contributed by atoms with Crippen LogP contribution < -0.4 is 0 Å². The molecule has 1 amide bonds. The summed E-state index contributed by atoms with van der Waals surface area (Å²) < 4.78 is 1.76. The third-order valence-corrected chi connectivity index (χ3v) is 6.02. The smallest absolute Gasteiger partial charge is 0.227 e. The van der Waals surface area contributed by atoms with Gasteiger partial charge in [-0.3, -0.25) is 4.79 Å². The normalized spacial score (nSPS) is 30.4. The van der Waals surface area contributed by atoms with Gasteiger partial charge in [0, 0.05) is 18.0 Å². The van der Waals surface area contributed by atoms with Gasteiger partial charge >= 0.3 is 0 Å². The van der Waals surface area contributed by atoms with Gasteiger partial charge in [-0.2, -0.15) is 5.10 Å². The molecule has 4 atom stereocenters. The Kier molecular flexibility index (Phi) is 3.90. The number of aliphatic hydroxyl groups excluding tert-OH is 1. The summed E-state index contributed by atoms with van der Waals surface area (Å²) in [5, 5.41) is 16.6. The first-order chi connectivity index (χ1) is 11.2. The number of carbonyl (C=O) groups excluding carboxylic acids is 1. The first-order valence-corrected chi connectivity index (χ1v) is 8.91. The predicted molar refractivity (Wildman–Crippen MR) is 85.9 cm³/mol. The Bertz CT molecular complexity index is 658. The average Bonchev–Trinajstić information content (AvgIpc) is 3.27. The first-order valence-electron chi connectivity index (χ1n) is 8.03. The molecule has 0 spiro atoms. The summed E-state index contributed by atoms with van der Waals surface area (Å²) in [6.45, 7) is 1.57. The van der Waals surface area contributed by atoms with Crippen LogP contribution in [0.5, 0.6) is 0 Å². The van der Waals surface area contributed by atoms with Gasteiger partial charge < -0.3 is 10.0 Å². The van der Waals surface area contributed by atoms with Crippen molar-refractivity contribution in [3.63, 3.8) is 0 Å². The van der Waals surface area contributed by atoms with Crippen LogP contribution in [0, 0.1) is 11.8 Å². The van der Waals surface area contributed by atoms with E-state index in [1.807, 2.05) is 22.4 Å². The van der Waals surface area contributed by atoms with E-state index in [1.54, 1.807) is 22.3 Å². The van der Waals surface area contributed by atoms with Gasteiger partial charge in [-0.25, -0.2) is 9.67 Å². The number of aliphatic hydroxyl groups is 1. The molecule has 2 fully saturated rings. The van der Waals surface area contributed by atoms with Crippen LogP contribution in [-0.2, 0) is 11.2 Å². The van der Waals surface area contributed by atoms with E-state index in [-0.39, 0.29) is 11.9 Å². The second-order valence-corrected chi connectivity index (χ2v) is 7.59. The molecule has 2 aromatic rings. The molecule has 1 aliphatic heterocycles. The Hall–Kier alpha value is -1.73. The summed E-state index contributed by atoms with van der Waals surface area (Å²) in [7, 11) is 0. The first kappa shape index (κ1) is 14.8. The van der Waals surface area contributed by atoms with Gasteiger partial charge in [0.25, 0.3) is 0 Å². The Balaban J connectivity index is 1.42. The zero-order chi connectivity index (χ0) is 15.8. The van der Waals surface area contributed by atoms with Crippen molar-refractivity contribution in [2.45, 2.75) is 31.4 Å². The highest BCUT2D eigenvalue weighted by molar-refractivity contribution is 7.10. The van der Waals surface area contributed by atoms with Crippen LogP contribution in [0.4, 0.5) is 0 Å². The Morgan fingerprint density at radius 2 is 2.17 bits per heavy atom. The molecule has 122 valence electrons. The SMILES string of the molecule is O=C(Cc1cccs1)N1C[C@H]2C[C@@H](n3cncn3)[C@H](O)C[C@H]2C1. The highest BCUT2D eigenvalue weighted by atomic mass is 32.1. The lowest BCUT2D eigenvalue weighted by molar-refractivity contribution is -0.129. The highest BCUT2D eigenvalue weighted by Crippen LogP contribution is 2.41. The number of aromatic nitrogens is 3. The third kappa shape index (κ3) is 2.90. The van der Waals surface area contributed by atoms with Crippen LogP contribution in [0.3, 0.4) is 0 Å². The second kappa shape index (κ2) is 6.05. The molecule has 7 heteroatoms. The van der Waals surface area contributed by atoms with E-state index in [2.05, 4.69) is 10.1 Å². The van der Waals surface area contributed by atoms with Crippen molar-refractivity contribution in [2.24, 2.45) is 11.8 Å². The van der Waals surface area contributed by atoms with Gasteiger partial charge in [0.15, 0.2) is 0 Å². The summed E-state index contributed by atoms with van der Waals surface area (Å²) in [4.78, 5) is 19.6. The molecule has 2 aromatic heterocycles. The van der Waals surface area contributed by atoms with Gasteiger partial charge in [0.2, 0.25) is 5.91 Å². The molecular formula is C16H20N4O2S. The van der Waals surface area contributed by atoms with Gasteiger partial charge in [0.05, 0.1) is 18.6 Å². The van der Waals surface area contributed by atoms with Crippen LogP contribution in [-0.4, -0.2) is 49.9 Å². The largest absolute Gasteiger partial charge is 0.391 e. The van der Waals surface area contributed by atoms with Gasteiger partial charge in [-0.05, 0) is 36.1 Å². The Morgan fingerprint density at radius 3 is 2.87 bits per heavy atom. The fourth-order valence-electron chi connectivity index (χ4n) is 3.96. The van der Waals surface area contributed by atoms with Crippen molar-refractivity contribution < 1.29 is 9.90 Å². The van der Waals surface area contributed by atoms with Gasteiger partial charge in [-0.15, -0.1) is 11.3 Å². The number of carbonyl (C=O) groups is 1. The van der Waals surface area contributed by atoms with Crippen LogP contribution in [0.2, 0.25) is 0 Å². The van der Waals surface area contributed by atoms with E-state index >= 15 is 0 Å². The van der Waals surface area contributed by atoms with Crippen LogP contribution in [0.1, 0.15) is 23.8 Å². The molecule has 0 aromatic carbocycles. The minimum atomic E-state index is -0.412. The summed E-state index contributed by atoms with van der Waals surface area (Å²) in [6, 6.07) is 3.97. The topological polar surface area (TPSA) is 71.2 Å². The van der Waals surface area contributed by atoms with Crippen molar-refractivity contribution >= 4 is 17.2 Å². The maximum absolute atomic E-state index is 12.5. The van der Waals surface area contributed by atoms with Crippen LogP contribution >= 0.6 is 11.3 Å². The lowest BCUT2D eigenvalue weighted by atomic mass is 9.77. The number of hydrogen-bond donors (Lipinski definition) is 1. The molecule has 6 nitrogen and oxygen atoms in total. The number of rotatable bonds is 3. The zero-order valence-corrected chi connectivity index (χ0v) is 13.6. The van der Waals surface area contributed by atoms with Crippen molar-refractivity contribution in [3.05, 3.63) is 35.0 Å². The molecule has 0 radical (unpaired) electrons. The standard InChI is InChI=1S/C16H20N4O2S/c21-15-5-12-8-19(16(22)6-13-2-1-3-23-13)7-11(12)4-14(15)20-10-17-9-18-20/h1-3,9-12,14-15,21H,4-8H2/t11-,12+,14-,15-/m1/s1. The lowest BCUT2D eigenvalue weighted by Gasteiger charge is -2.34. The van der Waals surface area contributed by atoms with Crippen LogP contribution in [0.15, 0.2) is 30.2 Å². The van der Waals surface area contributed by atoms with E-state index in [9.17, 15) is 9.90 Å². The molecule has 4 rings (SSSR count). The lowest BCUT2D eigenvalue weighted by Crippen LogP contribution is -2.36. The third-order valence-electron chi connectivity index (χ3n) is 5.14. The van der Waals surface area contributed by atoms with Crippen molar-refractivity contribution in [1.82, 2.24) is 19.7 Å². The minimum absolute atomic E-state index is 0.0221. The van der Waals surface area contributed by atoms with Crippen molar-refractivity contribution in [1.29, 1.82) is 0 Å². The van der Waals surface area contributed by atoms with E-state index in [0.29, 0.717) is 18.3 Å². The number of amides is 1. The van der Waals surface area contributed by atoms with Crippen molar-refractivity contribution in [2.75, 3.05) is 13.1 Å². The van der Waals surface area contributed by atoms with E-state index in [4.69, 9.17) is 0 Å². The number of likely N-dealkylation sites (tertiary alicyclic amines) is 1. The van der Waals surface area contributed by atoms with Gasteiger partial charge in [-0.1, -0.05) is 6.07 Å². The fraction of sp³-hybridized carbons (Fsp3) is 0.562. The molecule has 1 aliphatic carbocycles. The number of fused-ring (bicyclic) bond motifs is 1. The summed E-state index contributed by atoms with van der Waals surface area (Å²) in [5.41, 5.74) is 0. The molecular weight excluding hydrogens is 312 g/mol. The highest BCUT2D eigenvalue weighted by Gasteiger charge is 2.43. The molecule has 2 aliphatic rings. The van der Waals surface area contributed by atoms with E-state index in [0.717, 1.165) is 30.8 Å². The minimum Gasteiger partial charge on any atom is -0.391 e. The molecule has 3 heterocycles. The number of hydrogen-bond acceptors (Lipinski definition) is 5. The molecule has 0 unspecified atom stereocenters. The molecule has 1 saturated carbocycles. The fourth-order valence-corrected chi connectivity index (χ4v) is 4.65. The monoisotopic (exact) mass is 332 g/mol. The van der Waals surface area contributed by atoms with Gasteiger partial charge in [0.1, 0.15) is 12.7 Å². The maximum atomic E-state index is 12.5. The number of nitrogens with zero attached hydrogens (tertiary/aromatic N) is 4. The quantitative estimate of drug-likeness (QED) is 0.921. The van der Waals surface area contributed by atoms with E-state index < -0.39 is 6.10 Å². The number of thiophene rings is 1. The summed E-state index contributed by atoms with van der Waals surface area (Å²) in [5.74, 6) is 1.05. The molecule has 23 heavy (non-hydrogen) atoms. The summed E-state index contributed by atoms with van der Waals surface area (Å²) >= 11 is 1.63. The van der Waals surface area contributed by atoms with Crippen molar-refractivity contribution in [3.8, 4) is 0 Å². The Labute approximate surface area is 138 Å². The molecule has 0 bridgehead atoms. The second-order valence-electron chi connectivity index (χ2n) is 6.56.